The molecule has 3 N–H and O–H groups in total. The van der Waals surface area contributed by atoms with Crippen LogP contribution in [0.5, 0.6) is 0 Å². The minimum absolute atomic E-state index is 0.00721. The van der Waals surface area contributed by atoms with E-state index in [1.54, 1.807) is 13.0 Å². The lowest BCUT2D eigenvalue weighted by molar-refractivity contribution is -0.126. The van der Waals surface area contributed by atoms with Crippen molar-refractivity contribution in [2.45, 2.75) is 32.0 Å². The number of hydrogen-bond donors (Lipinski definition) is 2. The summed E-state index contributed by atoms with van der Waals surface area (Å²) < 4.78 is 10.3. The molecule has 1 aromatic heterocycles. The van der Waals surface area contributed by atoms with Crippen LogP contribution >= 0.6 is 0 Å². The van der Waals surface area contributed by atoms with Gasteiger partial charge in [-0.25, -0.2) is 0 Å². The topological polar surface area (TPSA) is 90.4 Å². The van der Waals surface area contributed by atoms with Gasteiger partial charge in [0.25, 0.3) is 5.91 Å². The number of aryl methyl sites for hydroxylation is 1. The van der Waals surface area contributed by atoms with Crippen molar-refractivity contribution in [3.05, 3.63) is 11.8 Å². The van der Waals surface area contributed by atoms with E-state index in [0.29, 0.717) is 18.8 Å². The van der Waals surface area contributed by atoms with Crippen LogP contribution in [0.25, 0.3) is 0 Å². The molecule has 6 heteroatoms. The fraction of sp³-hybridized carbons (Fsp3) is 0.600. The molecule has 1 aromatic rings. The number of anilines is 1. The van der Waals surface area contributed by atoms with E-state index in [2.05, 4.69) is 10.5 Å². The largest absolute Gasteiger partial charge is 0.364 e. The molecule has 1 fully saturated rings. The fourth-order valence-corrected chi connectivity index (χ4v) is 1.70. The normalized spacial score (nSPS) is 24.6. The molecule has 1 aliphatic heterocycles. The van der Waals surface area contributed by atoms with Crippen molar-refractivity contribution in [3.8, 4) is 0 Å². The Morgan fingerprint density at radius 1 is 1.69 bits per heavy atom. The van der Waals surface area contributed by atoms with Gasteiger partial charge in [-0.1, -0.05) is 5.16 Å². The summed E-state index contributed by atoms with van der Waals surface area (Å²) in [5, 5.41) is 6.29. The summed E-state index contributed by atoms with van der Waals surface area (Å²) in [6.45, 7) is 2.24. The van der Waals surface area contributed by atoms with Gasteiger partial charge in [0, 0.05) is 12.6 Å². The second-order valence-corrected chi connectivity index (χ2v) is 3.88. The number of amides is 1. The smallest absolute Gasteiger partial charge is 0.255 e. The first-order valence-corrected chi connectivity index (χ1v) is 5.28. The zero-order valence-electron chi connectivity index (χ0n) is 9.10. The van der Waals surface area contributed by atoms with Crippen molar-refractivity contribution in [2.24, 2.45) is 5.73 Å². The van der Waals surface area contributed by atoms with Gasteiger partial charge in [0.15, 0.2) is 0 Å². The Morgan fingerprint density at radius 3 is 3.06 bits per heavy atom. The maximum atomic E-state index is 11.7. The third-order valence-corrected chi connectivity index (χ3v) is 2.54. The number of hydrogen-bond acceptors (Lipinski definition) is 5. The molecule has 88 valence electrons. The standard InChI is InChI=1S/C10H15N3O3/c1-6-4-9(16-13-6)12-10(14)8-3-2-7(5-11)15-8/h4,7-8H,2-3,5,11H2,1H3,(H,12,14). The number of nitrogens with one attached hydrogen (secondary N) is 1. The molecule has 1 saturated heterocycles. The van der Waals surface area contributed by atoms with Gasteiger partial charge in [0.2, 0.25) is 5.88 Å². The Labute approximate surface area is 93.1 Å². The van der Waals surface area contributed by atoms with E-state index < -0.39 is 6.10 Å². The van der Waals surface area contributed by atoms with Crippen LogP contribution in [-0.4, -0.2) is 29.8 Å². The molecule has 2 rings (SSSR count). The summed E-state index contributed by atoms with van der Waals surface area (Å²) in [5.74, 6) is 0.148. The highest BCUT2D eigenvalue weighted by Crippen LogP contribution is 2.20. The van der Waals surface area contributed by atoms with Crippen molar-refractivity contribution >= 4 is 11.8 Å². The van der Waals surface area contributed by atoms with E-state index in [4.69, 9.17) is 15.0 Å². The van der Waals surface area contributed by atoms with Gasteiger partial charge in [-0.05, 0) is 19.8 Å². The van der Waals surface area contributed by atoms with E-state index in [-0.39, 0.29) is 12.0 Å². The first-order valence-electron chi connectivity index (χ1n) is 5.28. The highest BCUT2D eigenvalue weighted by Gasteiger charge is 2.30. The molecule has 0 aromatic carbocycles. The highest BCUT2D eigenvalue weighted by atomic mass is 16.5. The quantitative estimate of drug-likeness (QED) is 0.778. The molecular formula is C10H15N3O3. The molecular weight excluding hydrogens is 210 g/mol. The minimum atomic E-state index is -0.432. The van der Waals surface area contributed by atoms with Crippen molar-refractivity contribution in [1.29, 1.82) is 0 Å². The van der Waals surface area contributed by atoms with Crippen LogP contribution in [0.3, 0.4) is 0 Å². The Kier molecular flexibility index (Phi) is 3.21. The van der Waals surface area contributed by atoms with Crippen LogP contribution < -0.4 is 11.1 Å². The lowest BCUT2D eigenvalue weighted by Crippen LogP contribution is -2.29. The maximum Gasteiger partial charge on any atom is 0.255 e. The van der Waals surface area contributed by atoms with E-state index in [1.807, 2.05) is 0 Å². The van der Waals surface area contributed by atoms with Crippen molar-refractivity contribution in [1.82, 2.24) is 5.16 Å². The second kappa shape index (κ2) is 4.63. The number of ether oxygens (including phenoxy) is 1. The Balaban J connectivity index is 1.89. The number of rotatable bonds is 3. The Morgan fingerprint density at radius 2 is 2.50 bits per heavy atom. The Hall–Kier alpha value is -1.40. The third-order valence-electron chi connectivity index (χ3n) is 2.54. The second-order valence-electron chi connectivity index (χ2n) is 3.88. The van der Waals surface area contributed by atoms with E-state index in [9.17, 15) is 4.79 Å². The lowest BCUT2D eigenvalue weighted by atomic mass is 10.2. The van der Waals surface area contributed by atoms with Gasteiger partial charge in [-0.15, -0.1) is 0 Å². The van der Waals surface area contributed by atoms with Crippen LogP contribution in [0, 0.1) is 6.92 Å². The fourth-order valence-electron chi connectivity index (χ4n) is 1.70. The summed E-state index contributed by atoms with van der Waals surface area (Å²) in [6.07, 6.45) is 1.08. The molecule has 0 aliphatic carbocycles. The van der Waals surface area contributed by atoms with Gasteiger partial charge in [0.05, 0.1) is 11.8 Å². The minimum Gasteiger partial charge on any atom is -0.364 e. The van der Waals surface area contributed by atoms with Crippen LogP contribution in [0.4, 0.5) is 5.88 Å². The number of nitrogens with two attached hydrogens (primary N) is 1. The van der Waals surface area contributed by atoms with Crippen LogP contribution in [-0.2, 0) is 9.53 Å². The third kappa shape index (κ3) is 2.40. The van der Waals surface area contributed by atoms with Gasteiger partial charge in [-0.3, -0.25) is 10.1 Å². The number of aromatic nitrogens is 1. The molecule has 1 aliphatic rings. The molecule has 0 spiro atoms. The molecule has 2 unspecified atom stereocenters. The van der Waals surface area contributed by atoms with Crippen LogP contribution in [0.1, 0.15) is 18.5 Å². The van der Waals surface area contributed by atoms with E-state index in [1.165, 1.54) is 0 Å². The van der Waals surface area contributed by atoms with Crippen LogP contribution in [0.2, 0.25) is 0 Å². The van der Waals surface area contributed by atoms with Crippen molar-refractivity contribution < 1.29 is 14.1 Å². The van der Waals surface area contributed by atoms with Crippen LogP contribution in [0.15, 0.2) is 10.6 Å². The van der Waals surface area contributed by atoms with Gasteiger partial charge >= 0.3 is 0 Å². The average Bonchev–Trinajstić information content (AvgIpc) is 2.87. The lowest BCUT2D eigenvalue weighted by Gasteiger charge is -2.10. The average molecular weight is 225 g/mol. The van der Waals surface area contributed by atoms with Crippen molar-refractivity contribution in [3.63, 3.8) is 0 Å². The van der Waals surface area contributed by atoms with E-state index in [0.717, 1.165) is 12.1 Å². The first-order chi connectivity index (χ1) is 7.69. The summed E-state index contributed by atoms with van der Waals surface area (Å²) >= 11 is 0. The number of carbonyl (C=O) groups is 1. The van der Waals surface area contributed by atoms with E-state index >= 15 is 0 Å². The summed E-state index contributed by atoms with van der Waals surface area (Å²) in [6, 6.07) is 1.66. The first kappa shape index (κ1) is 11.1. The predicted octanol–water partition coefficient (Wildman–Crippen LogP) is 0.428. The SMILES string of the molecule is Cc1cc(NC(=O)C2CCC(CN)O2)on1. The maximum absolute atomic E-state index is 11.7. The summed E-state index contributed by atoms with van der Waals surface area (Å²) in [5.41, 5.74) is 6.19. The highest BCUT2D eigenvalue weighted by molar-refractivity contribution is 5.93. The number of nitrogens with zero attached hydrogens (tertiary/aromatic N) is 1. The Bertz CT molecular complexity index is 377. The molecule has 16 heavy (non-hydrogen) atoms. The molecule has 0 saturated carbocycles. The summed E-state index contributed by atoms with van der Waals surface area (Å²) in [7, 11) is 0. The molecule has 0 bridgehead atoms. The number of carbonyl (C=O) groups excluding carboxylic acids is 1. The van der Waals surface area contributed by atoms with Crippen molar-refractivity contribution in [2.75, 3.05) is 11.9 Å². The molecule has 6 nitrogen and oxygen atoms in total. The molecule has 0 radical (unpaired) electrons. The van der Waals surface area contributed by atoms with Gasteiger partial charge in [-0.2, -0.15) is 0 Å². The molecule has 1 amide bonds. The molecule has 2 heterocycles. The zero-order chi connectivity index (χ0) is 11.5. The monoisotopic (exact) mass is 225 g/mol. The zero-order valence-corrected chi connectivity index (χ0v) is 9.10. The van der Waals surface area contributed by atoms with Gasteiger partial charge in [0.1, 0.15) is 6.10 Å². The summed E-state index contributed by atoms with van der Waals surface area (Å²) in [4.78, 5) is 11.7. The molecule has 2 atom stereocenters. The predicted molar refractivity (Wildman–Crippen MR) is 56.8 cm³/mol. The van der Waals surface area contributed by atoms with Gasteiger partial charge < -0.3 is 15.0 Å².